The van der Waals surface area contributed by atoms with Crippen LogP contribution in [0.15, 0.2) is 30.3 Å². The molecule has 28 heavy (non-hydrogen) atoms. The lowest BCUT2D eigenvalue weighted by Crippen LogP contribution is -2.43. The molecule has 1 aliphatic heterocycles. The number of carbonyl (C=O) groups is 1. The summed E-state index contributed by atoms with van der Waals surface area (Å²) in [7, 11) is 0. The van der Waals surface area contributed by atoms with Gasteiger partial charge in [0.15, 0.2) is 0 Å². The molecule has 6 heteroatoms. The maximum Gasteiger partial charge on any atom is 0.225 e. The Labute approximate surface area is 165 Å². The Kier molecular flexibility index (Phi) is 5.04. The lowest BCUT2D eigenvalue weighted by atomic mass is 9.93. The second-order valence-corrected chi connectivity index (χ2v) is 8.22. The van der Waals surface area contributed by atoms with Crippen LogP contribution in [0.3, 0.4) is 0 Å². The van der Waals surface area contributed by atoms with Crippen molar-refractivity contribution < 1.29 is 9.18 Å². The number of piperidine rings is 1. The zero-order valence-corrected chi connectivity index (χ0v) is 16.5. The van der Waals surface area contributed by atoms with E-state index in [0.717, 1.165) is 61.7 Å². The summed E-state index contributed by atoms with van der Waals surface area (Å²) in [4.78, 5) is 23.9. The largest absolute Gasteiger partial charge is 0.355 e. The summed E-state index contributed by atoms with van der Waals surface area (Å²) in [6, 6.07) is 8.74. The maximum absolute atomic E-state index is 13.5. The molecule has 1 saturated heterocycles. The van der Waals surface area contributed by atoms with E-state index in [0.29, 0.717) is 6.54 Å². The van der Waals surface area contributed by atoms with Gasteiger partial charge in [0.1, 0.15) is 5.82 Å². The molecular weight excluding hydrogens is 355 g/mol. The standard InChI is InChI=1S/C22H27FN4O/c1-15-12-16(2)26-21(25-15)27-10-6-17(7-11-27)20(28)24-14-22(8-9-22)18-4-3-5-19(23)13-18/h3-5,12-13,17H,6-11,14H2,1-2H3,(H,24,28). The van der Waals surface area contributed by atoms with Crippen LogP contribution < -0.4 is 10.2 Å². The molecule has 1 saturated carbocycles. The van der Waals surface area contributed by atoms with Crippen molar-refractivity contribution >= 4 is 11.9 Å². The normalized spacial score (nSPS) is 18.8. The number of carbonyl (C=O) groups excluding carboxylic acids is 1. The van der Waals surface area contributed by atoms with Crippen molar-refractivity contribution in [1.29, 1.82) is 0 Å². The fourth-order valence-electron chi connectivity index (χ4n) is 4.13. The molecule has 1 N–H and O–H groups in total. The smallest absolute Gasteiger partial charge is 0.225 e. The van der Waals surface area contributed by atoms with Gasteiger partial charge in [-0.1, -0.05) is 12.1 Å². The summed E-state index contributed by atoms with van der Waals surface area (Å²) < 4.78 is 13.5. The third-order valence-corrected chi connectivity index (χ3v) is 6.01. The Hall–Kier alpha value is -2.50. The van der Waals surface area contributed by atoms with E-state index in [1.807, 2.05) is 26.0 Å². The van der Waals surface area contributed by atoms with E-state index < -0.39 is 0 Å². The molecular formula is C22H27FN4O. The SMILES string of the molecule is Cc1cc(C)nc(N2CCC(C(=O)NCC3(c4cccc(F)c4)CC3)CC2)n1. The molecule has 2 heterocycles. The number of halogens is 1. The zero-order valence-electron chi connectivity index (χ0n) is 16.5. The molecule has 0 spiro atoms. The minimum absolute atomic E-state index is 0.0189. The van der Waals surface area contributed by atoms with Gasteiger partial charge in [-0.05, 0) is 63.3 Å². The highest BCUT2D eigenvalue weighted by Crippen LogP contribution is 2.47. The molecule has 1 aliphatic carbocycles. The molecule has 1 amide bonds. The molecule has 4 rings (SSSR count). The van der Waals surface area contributed by atoms with E-state index in [1.54, 1.807) is 12.1 Å². The van der Waals surface area contributed by atoms with E-state index in [1.165, 1.54) is 6.07 Å². The predicted molar refractivity (Wildman–Crippen MR) is 107 cm³/mol. The van der Waals surface area contributed by atoms with Crippen molar-refractivity contribution in [3.05, 3.63) is 53.1 Å². The van der Waals surface area contributed by atoms with Crippen molar-refractivity contribution in [2.45, 2.75) is 44.9 Å². The number of nitrogens with zero attached hydrogens (tertiary/aromatic N) is 3. The second-order valence-electron chi connectivity index (χ2n) is 8.22. The fraction of sp³-hybridized carbons (Fsp3) is 0.500. The molecule has 0 atom stereocenters. The summed E-state index contributed by atoms with van der Waals surface area (Å²) in [5.41, 5.74) is 2.85. The highest BCUT2D eigenvalue weighted by Gasteiger charge is 2.44. The Bertz CT molecular complexity index is 852. The van der Waals surface area contributed by atoms with Crippen LogP contribution in [0, 0.1) is 25.6 Å². The van der Waals surface area contributed by atoms with Gasteiger partial charge in [-0.3, -0.25) is 4.79 Å². The van der Waals surface area contributed by atoms with Gasteiger partial charge in [-0.25, -0.2) is 14.4 Å². The molecule has 1 aromatic carbocycles. The van der Waals surface area contributed by atoms with Gasteiger partial charge < -0.3 is 10.2 Å². The number of rotatable bonds is 5. The Morgan fingerprint density at radius 3 is 2.46 bits per heavy atom. The molecule has 1 aromatic heterocycles. The number of nitrogens with one attached hydrogen (secondary N) is 1. The van der Waals surface area contributed by atoms with Gasteiger partial charge in [-0.15, -0.1) is 0 Å². The summed E-state index contributed by atoms with van der Waals surface area (Å²) in [6.45, 7) is 6.12. The van der Waals surface area contributed by atoms with E-state index in [4.69, 9.17) is 0 Å². The predicted octanol–water partition coefficient (Wildman–Crippen LogP) is 3.30. The molecule has 0 bridgehead atoms. The van der Waals surface area contributed by atoms with E-state index in [9.17, 15) is 9.18 Å². The van der Waals surface area contributed by atoms with Crippen LogP contribution in [0.5, 0.6) is 0 Å². The molecule has 0 radical (unpaired) electrons. The van der Waals surface area contributed by atoms with Crippen LogP contribution in [0.4, 0.5) is 10.3 Å². The van der Waals surface area contributed by atoms with Crippen LogP contribution in [0.2, 0.25) is 0 Å². The first-order valence-corrected chi connectivity index (χ1v) is 10.1. The molecule has 0 unspecified atom stereocenters. The lowest BCUT2D eigenvalue weighted by Gasteiger charge is -2.32. The van der Waals surface area contributed by atoms with Crippen molar-refractivity contribution in [3.8, 4) is 0 Å². The third kappa shape index (κ3) is 4.01. The van der Waals surface area contributed by atoms with E-state index in [2.05, 4.69) is 20.2 Å². The van der Waals surface area contributed by atoms with Crippen molar-refractivity contribution in [3.63, 3.8) is 0 Å². The van der Waals surface area contributed by atoms with E-state index >= 15 is 0 Å². The second kappa shape index (κ2) is 7.49. The summed E-state index contributed by atoms with van der Waals surface area (Å²) in [6.07, 6.45) is 3.60. The molecule has 5 nitrogen and oxygen atoms in total. The van der Waals surface area contributed by atoms with Gasteiger partial charge in [-0.2, -0.15) is 0 Å². The van der Waals surface area contributed by atoms with Crippen molar-refractivity contribution in [1.82, 2.24) is 15.3 Å². The van der Waals surface area contributed by atoms with Crippen LogP contribution in [-0.2, 0) is 10.2 Å². The average Bonchev–Trinajstić information content (AvgIpc) is 3.47. The van der Waals surface area contributed by atoms with Gasteiger partial charge in [0, 0.05) is 42.4 Å². The summed E-state index contributed by atoms with van der Waals surface area (Å²) >= 11 is 0. The Morgan fingerprint density at radius 2 is 1.86 bits per heavy atom. The minimum atomic E-state index is -0.212. The first kappa shape index (κ1) is 18.8. The van der Waals surface area contributed by atoms with E-state index in [-0.39, 0.29) is 23.1 Å². The number of benzene rings is 1. The average molecular weight is 382 g/mol. The first-order valence-electron chi connectivity index (χ1n) is 10.1. The Balaban J connectivity index is 1.31. The summed E-state index contributed by atoms with van der Waals surface area (Å²) in [5.74, 6) is 0.685. The minimum Gasteiger partial charge on any atom is -0.355 e. The van der Waals surface area contributed by atoms with Gasteiger partial charge in [0.2, 0.25) is 11.9 Å². The number of amides is 1. The molecule has 148 valence electrons. The number of aromatic nitrogens is 2. The first-order chi connectivity index (χ1) is 13.4. The molecule has 2 aromatic rings. The summed E-state index contributed by atoms with van der Waals surface area (Å²) in [5, 5.41) is 3.13. The van der Waals surface area contributed by atoms with Gasteiger partial charge in [0.05, 0.1) is 0 Å². The van der Waals surface area contributed by atoms with Crippen LogP contribution in [0.25, 0.3) is 0 Å². The van der Waals surface area contributed by atoms with Crippen LogP contribution in [-0.4, -0.2) is 35.5 Å². The van der Waals surface area contributed by atoms with Crippen LogP contribution >= 0.6 is 0 Å². The number of hydrogen-bond acceptors (Lipinski definition) is 4. The zero-order chi connectivity index (χ0) is 19.7. The topological polar surface area (TPSA) is 58.1 Å². The Morgan fingerprint density at radius 1 is 1.18 bits per heavy atom. The number of aryl methyl sites for hydroxylation is 2. The third-order valence-electron chi connectivity index (χ3n) is 6.01. The highest BCUT2D eigenvalue weighted by molar-refractivity contribution is 5.79. The van der Waals surface area contributed by atoms with Crippen molar-refractivity contribution in [2.75, 3.05) is 24.5 Å². The highest BCUT2D eigenvalue weighted by atomic mass is 19.1. The monoisotopic (exact) mass is 382 g/mol. The van der Waals surface area contributed by atoms with Crippen molar-refractivity contribution in [2.24, 2.45) is 5.92 Å². The van der Waals surface area contributed by atoms with Gasteiger partial charge in [0.25, 0.3) is 0 Å². The fourth-order valence-corrected chi connectivity index (χ4v) is 4.13. The van der Waals surface area contributed by atoms with Crippen LogP contribution in [0.1, 0.15) is 42.6 Å². The number of hydrogen-bond donors (Lipinski definition) is 1. The van der Waals surface area contributed by atoms with Gasteiger partial charge >= 0.3 is 0 Å². The quantitative estimate of drug-likeness (QED) is 0.862. The molecule has 2 aliphatic rings. The molecule has 2 fully saturated rings. The maximum atomic E-state index is 13.5. The lowest BCUT2D eigenvalue weighted by molar-refractivity contribution is -0.125. The number of anilines is 1.